The zero-order chi connectivity index (χ0) is 10.1. The van der Waals surface area contributed by atoms with Crippen molar-refractivity contribution in [2.45, 2.75) is 0 Å². The van der Waals surface area contributed by atoms with E-state index in [2.05, 4.69) is 32.6 Å². The predicted octanol–water partition coefficient (Wildman–Crippen LogP) is 2.90. The lowest BCUT2D eigenvalue weighted by molar-refractivity contribution is 0.415. The quantitative estimate of drug-likeness (QED) is 0.758. The van der Waals surface area contributed by atoms with Gasteiger partial charge in [0.2, 0.25) is 0 Å². The molecule has 0 fully saturated rings. The van der Waals surface area contributed by atoms with Crippen LogP contribution in [-0.2, 0) is 0 Å². The molecule has 14 heavy (non-hydrogen) atoms. The van der Waals surface area contributed by atoms with Crippen LogP contribution in [-0.4, -0.2) is 17.1 Å². The number of methoxy groups -OCH3 is 1. The van der Waals surface area contributed by atoms with Crippen LogP contribution >= 0.6 is 34.2 Å². The van der Waals surface area contributed by atoms with E-state index >= 15 is 0 Å². The van der Waals surface area contributed by atoms with Crippen molar-refractivity contribution in [1.82, 2.24) is 9.97 Å². The average molecular weight is 321 g/mol. The van der Waals surface area contributed by atoms with Crippen molar-refractivity contribution < 1.29 is 4.74 Å². The summed E-state index contributed by atoms with van der Waals surface area (Å²) in [5, 5.41) is 0.588. The third-order valence-corrected chi connectivity index (χ3v) is 2.89. The molecule has 2 rings (SSSR count). The van der Waals surface area contributed by atoms with Gasteiger partial charge in [0.1, 0.15) is 11.0 Å². The molecule has 5 heteroatoms. The molecule has 0 bridgehead atoms. The first-order chi connectivity index (χ1) is 6.74. The summed E-state index contributed by atoms with van der Waals surface area (Å²) in [5.41, 5.74) is 1.37. The Balaban J connectivity index is 2.88. The van der Waals surface area contributed by atoms with Gasteiger partial charge in [-0.05, 0) is 28.7 Å². The van der Waals surface area contributed by atoms with Gasteiger partial charge in [0.15, 0.2) is 5.75 Å². The second-order valence-corrected chi connectivity index (χ2v) is 4.20. The van der Waals surface area contributed by atoms with Gasteiger partial charge in [-0.2, -0.15) is 0 Å². The van der Waals surface area contributed by atoms with Crippen LogP contribution < -0.4 is 4.74 Å². The number of pyridine rings is 2. The number of rotatable bonds is 1. The van der Waals surface area contributed by atoms with Gasteiger partial charge in [-0.3, -0.25) is 9.97 Å². The maximum Gasteiger partial charge on any atom is 0.161 e. The van der Waals surface area contributed by atoms with Crippen molar-refractivity contribution in [3.05, 3.63) is 27.1 Å². The summed E-state index contributed by atoms with van der Waals surface area (Å²) in [6.07, 6.45) is 3.36. The Morgan fingerprint density at radius 2 is 2.14 bits per heavy atom. The van der Waals surface area contributed by atoms with Crippen LogP contribution in [0.4, 0.5) is 0 Å². The van der Waals surface area contributed by atoms with E-state index in [0.29, 0.717) is 16.1 Å². The Morgan fingerprint density at radius 1 is 1.36 bits per heavy atom. The molecular weight excluding hydrogens is 314 g/mol. The molecule has 2 heterocycles. The highest BCUT2D eigenvalue weighted by Crippen LogP contribution is 2.30. The molecule has 2 aromatic rings. The number of nitrogens with zero attached hydrogens (tertiary/aromatic N) is 2. The highest BCUT2D eigenvalue weighted by molar-refractivity contribution is 14.1. The van der Waals surface area contributed by atoms with Gasteiger partial charge >= 0.3 is 0 Å². The van der Waals surface area contributed by atoms with E-state index in [1.165, 1.54) is 0 Å². The van der Waals surface area contributed by atoms with Crippen molar-refractivity contribution in [2.75, 3.05) is 7.11 Å². The molecule has 3 nitrogen and oxygen atoms in total. The molecule has 0 unspecified atom stereocenters. The van der Waals surface area contributed by atoms with Crippen LogP contribution in [0.25, 0.3) is 11.0 Å². The van der Waals surface area contributed by atoms with Gasteiger partial charge in [-0.15, -0.1) is 0 Å². The molecule has 0 radical (unpaired) electrons. The number of ether oxygens (including phenoxy) is 1. The Kier molecular flexibility index (Phi) is 2.73. The molecule has 0 spiro atoms. The third-order valence-electron chi connectivity index (χ3n) is 1.82. The van der Waals surface area contributed by atoms with Crippen LogP contribution in [0.2, 0.25) is 5.02 Å². The fourth-order valence-corrected chi connectivity index (χ4v) is 2.02. The molecule has 72 valence electrons. The van der Waals surface area contributed by atoms with Crippen LogP contribution in [0, 0.1) is 3.57 Å². The van der Waals surface area contributed by atoms with Gasteiger partial charge in [0, 0.05) is 12.4 Å². The summed E-state index contributed by atoms with van der Waals surface area (Å²) in [6.45, 7) is 0. The molecule has 0 amide bonds. The van der Waals surface area contributed by atoms with Gasteiger partial charge in [-0.25, -0.2) is 0 Å². The maximum atomic E-state index is 5.98. The van der Waals surface area contributed by atoms with Crippen molar-refractivity contribution >= 4 is 45.2 Å². The predicted molar refractivity (Wildman–Crippen MR) is 63.8 cm³/mol. The molecule has 0 aliphatic heterocycles. The molecule has 2 aromatic heterocycles. The largest absolute Gasteiger partial charge is 0.493 e. The van der Waals surface area contributed by atoms with Crippen molar-refractivity contribution in [2.24, 2.45) is 0 Å². The Bertz CT molecular complexity index is 489. The van der Waals surface area contributed by atoms with Crippen LogP contribution in [0.3, 0.4) is 0 Å². The average Bonchev–Trinajstić information content (AvgIpc) is 2.18. The summed E-state index contributed by atoms with van der Waals surface area (Å²) < 4.78 is 6.17. The lowest BCUT2D eigenvalue weighted by Gasteiger charge is -2.06. The highest BCUT2D eigenvalue weighted by Gasteiger charge is 2.10. The van der Waals surface area contributed by atoms with E-state index in [-0.39, 0.29) is 0 Å². The number of halogens is 2. The molecule has 0 aliphatic carbocycles. The molecular formula is C9H6ClIN2O. The van der Waals surface area contributed by atoms with E-state index in [1.54, 1.807) is 25.6 Å². The van der Waals surface area contributed by atoms with Crippen molar-refractivity contribution in [3.8, 4) is 5.75 Å². The van der Waals surface area contributed by atoms with Crippen LogP contribution in [0.15, 0.2) is 18.5 Å². The first-order valence-corrected chi connectivity index (χ1v) is 5.32. The van der Waals surface area contributed by atoms with E-state index in [9.17, 15) is 0 Å². The van der Waals surface area contributed by atoms with Gasteiger partial charge in [0.05, 0.1) is 15.7 Å². The second kappa shape index (κ2) is 3.86. The summed E-state index contributed by atoms with van der Waals surface area (Å²) in [5.74, 6) is 0.720. The summed E-state index contributed by atoms with van der Waals surface area (Å²) in [6, 6.07) is 1.71. The highest BCUT2D eigenvalue weighted by atomic mass is 127. The van der Waals surface area contributed by atoms with Crippen LogP contribution in [0.1, 0.15) is 0 Å². The smallest absolute Gasteiger partial charge is 0.161 e. The molecule has 0 saturated carbocycles. The lowest BCUT2D eigenvalue weighted by atomic mass is 10.3. The topological polar surface area (TPSA) is 35.0 Å². The fourth-order valence-electron chi connectivity index (χ4n) is 1.21. The van der Waals surface area contributed by atoms with E-state index in [0.717, 1.165) is 9.32 Å². The van der Waals surface area contributed by atoms with Crippen LogP contribution in [0.5, 0.6) is 5.75 Å². The SMILES string of the molecule is COc1c(I)cnc2c(Cl)ccnc12. The van der Waals surface area contributed by atoms with E-state index < -0.39 is 0 Å². The molecule has 0 atom stereocenters. The number of hydrogen-bond donors (Lipinski definition) is 0. The summed E-state index contributed by atoms with van der Waals surface area (Å²) >= 11 is 8.13. The first kappa shape index (κ1) is 9.92. The third kappa shape index (κ3) is 1.52. The summed E-state index contributed by atoms with van der Waals surface area (Å²) in [4.78, 5) is 8.40. The van der Waals surface area contributed by atoms with Gasteiger partial charge in [-0.1, -0.05) is 11.6 Å². The maximum absolute atomic E-state index is 5.98. The van der Waals surface area contributed by atoms with Gasteiger partial charge < -0.3 is 4.74 Å². The standard InChI is InChI=1S/C9H6ClIN2O/c1-14-9-6(11)4-13-7-5(10)2-3-12-8(7)9/h2-4H,1H3. The molecule has 0 N–H and O–H groups in total. The summed E-state index contributed by atoms with van der Waals surface area (Å²) in [7, 11) is 1.61. The van der Waals surface area contributed by atoms with Crippen molar-refractivity contribution in [1.29, 1.82) is 0 Å². The number of hydrogen-bond acceptors (Lipinski definition) is 3. The molecule has 0 saturated heterocycles. The minimum absolute atomic E-state index is 0.588. The zero-order valence-electron chi connectivity index (χ0n) is 7.29. The lowest BCUT2D eigenvalue weighted by Crippen LogP contribution is -1.93. The number of aromatic nitrogens is 2. The number of fused-ring (bicyclic) bond motifs is 1. The Hall–Kier alpha value is -0.620. The van der Waals surface area contributed by atoms with Crippen molar-refractivity contribution in [3.63, 3.8) is 0 Å². The first-order valence-electron chi connectivity index (χ1n) is 3.86. The molecule has 0 aliphatic rings. The minimum atomic E-state index is 0.588. The normalized spacial score (nSPS) is 10.5. The molecule has 0 aromatic carbocycles. The van der Waals surface area contributed by atoms with Gasteiger partial charge in [0.25, 0.3) is 0 Å². The Morgan fingerprint density at radius 3 is 2.86 bits per heavy atom. The fraction of sp³-hybridized carbons (Fsp3) is 0.111. The van der Waals surface area contributed by atoms with E-state index in [4.69, 9.17) is 16.3 Å². The zero-order valence-corrected chi connectivity index (χ0v) is 10.2. The second-order valence-electron chi connectivity index (χ2n) is 2.63. The monoisotopic (exact) mass is 320 g/mol. The van der Waals surface area contributed by atoms with E-state index in [1.807, 2.05) is 0 Å². The minimum Gasteiger partial charge on any atom is -0.493 e. The Labute approximate surface area is 99.6 Å².